The molecular weight excluding hydrogens is 276 g/mol. The minimum absolute atomic E-state index is 0.0186. The zero-order valence-electron chi connectivity index (χ0n) is 12.1. The Labute approximate surface area is 120 Å². The van der Waals surface area contributed by atoms with Gasteiger partial charge in [-0.15, -0.1) is 0 Å². The summed E-state index contributed by atoms with van der Waals surface area (Å²) in [6.45, 7) is 5.23. The predicted octanol–water partition coefficient (Wildman–Crippen LogP) is 1.94. The zero-order chi connectivity index (χ0) is 15.4. The Bertz CT molecular complexity index is 578. The zero-order valence-corrected chi connectivity index (χ0v) is 13.0. The maximum atomic E-state index is 12.2. The van der Waals surface area contributed by atoms with Crippen molar-refractivity contribution in [2.24, 2.45) is 5.73 Å². The second kappa shape index (κ2) is 6.37. The number of hydrogen-bond donors (Lipinski definition) is 2. The van der Waals surface area contributed by atoms with Crippen molar-refractivity contribution in [3.63, 3.8) is 0 Å². The first kappa shape index (κ1) is 16.7. The van der Waals surface area contributed by atoms with E-state index in [-0.39, 0.29) is 22.2 Å². The highest BCUT2D eigenvalue weighted by Crippen LogP contribution is 2.24. The molecule has 0 aliphatic heterocycles. The fraction of sp³-hybridized carbons (Fsp3) is 0.500. The van der Waals surface area contributed by atoms with Crippen molar-refractivity contribution in [2.75, 3.05) is 11.1 Å². The van der Waals surface area contributed by atoms with Crippen molar-refractivity contribution in [3.8, 4) is 0 Å². The number of nitrogens with two attached hydrogens (primary N) is 1. The summed E-state index contributed by atoms with van der Waals surface area (Å²) in [5, 5.41) is 2.65. The maximum Gasteiger partial charge on any atom is 0.244 e. The van der Waals surface area contributed by atoms with Gasteiger partial charge in [-0.3, -0.25) is 4.79 Å². The van der Waals surface area contributed by atoms with Gasteiger partial charge in [0.05, 0.1) is 21.9 Å². The first-order valence-electron chi connectivity index (χ1n) is 6.72. The van der Waals surface area contributed by atoms with Crippen LogP contribution in [0.2, 0.25) is 0 Å². The van der Waals surface area contributed by atoms with Crippen LogP contribution in [-0.4, -0.2) is 25.6 Å². The summed E-state index contributed by atoms with van der Waals surface area (Å²) in [6.07, 6.45) is 0.968. The van der Waals surface area contributed by atoms with E-state index in [0.717, 1.165) is 0 Å². The smallest absolute Gasteiger partial charge is 0.244 e. The molecule has 0 fully saturated rings. The van der Waals surface area contributed by atoms with Crippen molar-refractivity contribution in [3.05, 3.63) is 24.3 Å². The van der Waals surface area contributed by atoms with E-state index in [0.29, 0.717) is 12.8 Å². The molecule has 0 saturated heterocycles. The molecule has 0 spiro atoms. The van der Waals surface area contributed by atoms with Gasteiger partial charge in [-0.1, -0.05) is 32.9 Å². The van der Waals surface area contributed by atoms with Gasteiger partial charge in [0.2, 0.25) is 5.91 Å². The first-order valence-corrected chi connectivity index (χ1v) is 8.38. The Morgan fingerprint density at radius 2 is 1.75 bits per heavy atom. The van der Waals surface area contributed by atoms with Crippen LogP contribution in [0.4, 0.5) is 5.69 Å². The number of amides is 1. The summed E-state index contributed by atoms with van der Waals surface area (Å²) in [7, 11) is -3.39. The predicted molar refractivity (Wildman–Crippen MR) is 80.3 cm³/mol. The fourth-order valence-electron chi connectivity index (χ4n) is 1.81. The normalized spacial score (nSPS) is 12.2. The molecule has 1 aromatic rings. The molecule has 6 heteroatoms. The number of benzene rings is 1. The van der Waals surface area contributed by atoms with Crippen LogP contribution < -0.4 is 11.1 Å². The largest absolute Gasteiger partial charge is 0.323 e. The topological polar surface area (TPSA) is 89.3 Å². The van der Waals surface area contributed by atoms with Crippen LogP contribution in [0.25, 0.3) is 0 Å². The van der Waals surface area contributed by atoms with E-state index in [1.54, 1.807) is 25.1 Å². The summed E-state index contributed by atoms with van der Waals surface area (Å²) in [5.74, 6) is -0.379. The number of nitrogens with one attached hydrogen (secondary N) is 1. The number of hydrogen-bond acceptors (Lipinski definition) is 4. The summed E-state index contributed by atoms with van der Waals surface area (Å²) in [5.41, 5.74) is 5.32. The number of rotatable bonds is 6. The molecule has 1 amide bonds. The molecule has 1 aromatic carbocycles. The van der Waals surface area contributed by atoms with E-state index in [1.165, 1.54) is 6.07 Å². The standard InChI is InChI=1S/C14H22N2O3S/c1-4-14(15,5-2)13(17)16-11-9-7-8-10-12(11)20(18,19)6-3/h7-10H,4-6,15H2,1-3H3,(H,16,17). The fourth-order valence-corrected chi connectivity index (χ4v) is 2.87. The number of para-hydroxylation sites is 1. The Morgan fingerprint density at radius 3 is 2.25 bits per heavy atom. The van der Waals surface area contributed by atoms with Gasteiger partial charge in [0.1, 0.15) is 0 Å². The second-order valence-corrected chi connectivity index (χ2v) is 6.96. The van der Waals surface area contributed by atoms with Gasteiger partial charge < -0.3 is 11.1 Å². The molecule has 0 unspecified atom stereocenters. The number of carbonyl (C=O) groups is 1. The Hall–Kier alpha value is -1.40. The lowest BCUT2D eigenvalue weighted by atomic mass is 9.93. The molecule has 0 bridgehead atoms. The summed E-state index contributed by atoms with van der Waals surface area (Å²) in [6, 6.07) is 6.38. The van der Waals surface area contributed by atoms with Gasteiger partial charge in [-0.2, -0.15) is 0 Å². The minimum atomic E-state index is -3.39. The Kier molecular flexibility index (Phi) is 5.30. The van der Waals surface area contributed by atoms with Crippen molar-refractivity contribution in [1.82, 2.24) is 0 Å². The number of anilines is 1. The Morgan fingerprint density at radius 1 is 1.20 bits per heavy atom. The lowest BCUT2D eigenvalue weighted by molar-refractivity contribution is -0.121. The summed E-state index contributed by atoms with van der Waals surface area (Å²) >= 11 is 0. The van der Waals surface area contributed by atoms with Crippen molar-refractivity contribution in [1.29, 1.82) is 0 Å². The van der Waals surface area contributed by atoms with Gasteiger partial charge >= 0.3 is 0 Å². The van der Waals surface area contributed by atoms with Crippen LogP contribution in [0.3, 0.4) is 0 Å². The van der Waals surface area contributed by atoms with Crippen LogP contribution in [-0.2, 0) is 14.6 Å². The first-order chi connectivity index (χ1) is 9.30. The monoisotopic (exact) mass is 298 g/mol. The highest BCUT2D eigenvalue weighted by Gasteiger charge is 2.31. The third-order valence-corrected chi connectivity index (χ3v) is 5.35. The van der Waals surface area contributed by atoms with Gasteiger partial charge in [-0.05, 0) is 25.0 Å². The van der Waals surface area contributed by atoms with Crippen LogP contribution in [0.1, 0.15) is 33.6 Å². The van der Waals surface area contributed by atoms with Crippen LogP contribution >= 0.6 is 0 Å². The van der Waals surface area contributed by atoms with Gasteiger partial charge in [0, 0.05) is 0 Å². The van der Waals surface area contributed by atoms with E-state index in [9.17, 15) is 13.2 Å². The average Bonchev–Trinajstić information content (AvgIpc) is 2.46. The molecule has 0 radical (unpaired) electrons. The van der Waals surface area contributed by atoms with E-state index < -0.39 is 15.4 Å². The van der Waals surface area contributed by atoms with Crippen molar-refractivity contribution >= 4 is 21.4 Å². The minimum Gasteiger partial charge on any atom is -0.323 e. The van der Waals surface area contributed by atoms with E-state index in [2.05, 4.69) is 5.32 Å². The molecular formula is C14H22N2O3S. The molecule has 3 N–H and O–H groups in total. The van der Waals surface area contributed by atoms with Gasteiger partial charge in [0.15, 0.2) is 9.84 Å². The molecule has 0 atom stereocenters. The van der Waals surface area contributed by atoms with E-state index >= 15 is 0 Å². The summed E-state index contributed by atoms with van der Waals surface area (Å²) in [4.78, 5) is 12.4. The average molecular weight is 298 g/mol. The summed E-state index contributed by atoms with van der Waals surface area (Å²) < 4.78 is 24.0. The van der Waals surface area contributed by atoms with Gasteiger partial charge in [-0.25, -0.2) is 8.42 Å². The molecule has 112 valence electrons. The lowest BCUT2D eigenvalue weighted by Crippen LogP contribution is -2.50. The van der Waals surface area contributed by atoms with E-state index in [1.807, 2.05) is 13.8 Å². The molecule has 0 saturated carbocycles. The SMILES string of the molecule is CCC(N)(CC)C(=O)Nc1ccccc1S(=O)(=O)CC. The quantitative estimate of drug-likeness (QED) is 0.840. The second-order valence-electron chi connectivity index (χ2n) is 4.72. The maximum absolute atomic E-state index is 12.2. The Balaban J connectivity index is 3.15. The molecule has 1 rings (SSSR count). The highest BCUT2D eigenvalue weighted by atomic mass is 32.2. The molecule has 0 aliphatic rings. The number of sulfone groups is 1. The van der Waals surface area contributed by atoms with Crippen molar-refractivity contribution < 1.29 is 13.2 Å². The third-order valence-electron chi connectivity index (χ3n) is 3.56. The lowest BCUT2D eigenvalue weighted by Gasteiger charge is -2.25. The van der Waals surface area contributed by atoms with Gasteiger partial charge in [0.25, 0.3) is 0 Å². The van der Waals surface area contributed by atoms with E-state index in [4.69, 9.17) is 5.73 Å². The molecule has 0 heterocycles. The molecule has 0 aliphatic carbocycles. The highest BCUT2D eigenvalue weighted by molar-refractivity contribution is 7.91. The molecule has 5 nitrogen and oxygen atoms in total. The van der Waals surface area contributed by atoms with Crippen LogP contribution in [0.15, 0.2) is 29.2 Å². The number of carbonyl (C=O) groups excluding carboxylic acids is 1. The molecule has 0 aromatic heterocycles. The van der Waals surface area contributed by atoms with Crippen LogP contribution in [0, 0.1) is 0 Å². The van der Waals surface area contributed by atoms with Crippen molar-refractivity contribution in [2.45, 2.75) is 44.0 Å². The van der Waals surface area contributed by atoms with Crippen LogP contribution in [0.5, 0.6) is 0 Å². The third kappa shape index (κ3) is 3.37. The molecule has 20 heavy (non-hydrogen) atoms.